The summed E-state index contributed by atoms with van der Waals surface area (Å²) in [6.45, 7) is 16.4. The number of rotatable bonds is 4. The van der Waals surface area contributed by atoms with Crippen molar-refractivity contribution in [3.8, 4) is 0 Å². The van der Waals surface area contributed by atoms with Crippen molar-refractivity contribution in [2.24, 2.45) is 23.7 Å². The minimum atomic E-state index is -1.41. The molecule has 2 aliphatic heterocycles. The molecule has 10 atom stereocenters. The maximum Gasteiger partial charge on any atom is 0.0547 e. The Kier molecular flexibility index (Phi) is 7.05. The molecule has 6 rings (SSSR count). The summed E-state index contributed by atoms with van der Waals surface area (Å²) >= 11 is 0. The van der Waals surface area contributed by atoms with Crippen molar-refractivity contribution in [3.63, 3.8) is 0 Å². The Balaban J connectivity index is 1.23. The van der Waals surface area contributed by atoms with Crippen LogP contribution in [0.4, 0.5) is 0 Å². The predicted octanol–water partition coefficient (Wildman–Crippen LogP) is 8.34. The molecule has 4 saturated carbocycles. The fraction of sp³-hybridized carbons (Fsp3) is 1.00. The second kappa shape index (κ2) is 9.71. The summed E-state index contributed by atoms with van der Waals surface area (Å²) in [5, 5.41) is 0. The minimum absolute atomic E-state index is 0.843. The second-order valence-electron chi connectivity index (χ2n) is 15.4. The number of nitrogens with zero attached hydrogens (tertiary/aromatic N) is 2. The summed E-state index contributed by atoms with van der Waals surface area (Å²) < 4.78 is 0. The fourth-order valence-corrected chi connectivity index (χ4v) is 19.1. The zero-order chi connectivity index (χ0) is 24.5. The highest BCUT2D eigenvalue weighted by Gasteiger charge is 2.62. The van der Waals surface area contributed by atoms with Crippen molar-refractivity contribution in [1.82, 2.24) is 9.80 Å². The smallest absolute Gasteiger partial charge is 0.0547 e. The third-order valence-electron chi connectivity index (χ3n) is 13.1. The normalized spacial score (nSPS) is 48.5. The highest BCUT2D eigenvalue weighted by atomic mass is 28.3. The monoisotopic (exact) mass is 498 g/mol. The zero-order valence-corrected chi connectivity index (χ0v) is 25.2. The quantitative estimate of drug-likeness (QED) is 0.359. The van der Waals surface area contributed by atoms with Crippen LogP contribution in [0.2, 0.25) is 24.2 Å². The lowest BCUT2D eigenvalue weighted by molar-refractivity contribution is 0.0991. The molecule has 0 N–H and O–H groups in total. The first-order valence-corrected chi connectivity index (χ1v) is 19.5. The molecule has 0 bridgehead atoms. The van der Waals surface area contributed by atoms with Crippen LogP contribution >= 0.6 is 0 Å². The average Bonchev–Trinajstić information content (AvgIpc) is 3.50. The third kappa shape index (κ3) is 4.15. The molecule has 3 heteroatoms. The minimum Gasteiger partial charge on any atom is -0.294 e. The van der Waals surface area contributed by atoms with E-state index in [-0.39, 0.29) is 0 Å². The Labute approximate surface area is 219 Å². The fourth-order valence-electron chi connectivity index (χ4n) is 12.5. The van der Waals surface area contributed by atoms with Crippen LogP contribution in [-0.2, 0) is 0 Å². The number of hydrogen-bond acceptors (Lipinski definition) is 2. The summed E-state index contributed by atoms with van der Waals surface area (Å²) in [6.07, 6.45) is 21.0. The Morgan fingerprint density at radius 3 is 1.26 bits per heavy atom. The molecule has 4 aliphatic carbocycles. The second-order valence-corrected chi connectivity index (χ2v) is 20.4. The summed E-state index contributed by atoms with van der Waals surface area (Å²) in [7, 11) is -1.41. The summed E-state index contributed by atoms with van der Waals surface area (Å²) in [5.41, 5.74) is 2.13. The van der Waals surface area contributed by atoms with Crippen molar-refractivity contribution in [1.29, 1.82) is 0 Å². The first-order chi connectivity index (χ1) is 16.8. The molecule has 10 unspecified atom stereocenters. The predicted molar refractivity (Wildman–Crippen MR) is 153 cm³/mol. The molecule has 0 aromatic rings. The Hall–Kier alpha value is 0.137. The third-order valence-corrected chi connectivity index (χ3v) is 18.5. The maximum atomic E-state index is 3.12. The molecule has 200 valence electrons. The molecule has 6 fully saturated rings. The van der Waals surface area contributed by atoms with Crippen LogP contribution in [-0.4, -0.2) is 54.1 Å². The number of likely N-dealkylation sites (tertiary alicyclic amines) is 2. The molecular formula is C32H58N2Si. The van der Waals surface area contributed by atoms with E-state index >= 15 is 0 Å². The van der Waals surface area contributed by atoms with Crippen LogP contribution < -0.4 is 0 Å². The van der Waals surface area contributed by atoms with E-state index in [4.69, 9.17) is 0 Å². The van der Waals surface area contributed by atoms with Gasteiger partial charge < -0.3 is 0 Å². The van der Waals surface area contributed by atoms with Crippen molar-refractivity contribution in [2.45, 2.75) is 178 Å². The first-order valence-electron chi connectivity index (χ1n) is 16.3. The molecule has 35 heavy (non-hydrogen) atoms. The van der Waals surface area contributed by atoms with E-state index in [1.807, 2.05) is 0 Å². The van der Waals surface area contributed by atoms with E-state index in [0.717, 1.165) is 71.0 Å². The van der Waals surface area contributed by atoms with Gasteiger partial charge in [0.15, 0.2) is 0 Å². The van der Waals surface area contributed by atoms with E-state index in [1.165, 1.54) is 89.9 Å². The largest absolute Gasteiger partial charge is 0.294 e. The van der Waals surface area contributed by atoms with E-state index in [0.29, 0.717) is 0 Å². The highest BCUT2D eigenvalue weighted by molar-refractivity contribution is 6.80. The Morgan fingerprint density at radius 1 is 0.514 bits per heavy atom. The van der Waals surface area contributed by atoms with Crippen molar-refractivity contribution in [3.05, 3.63) is 0 Å². The molecule has 2 nitrogen and oxygen atoms in total. The molecule has 0 spiro atoms. The lowest BCUT2D eigenvalue weighted by Crippen LogP contribution is -2.47. The van der Waals surface area contributed by atoms with Crippen LogP contribution in [0.1, 0.15) is 118 Å². The van der Waals surface area contributed by atoms with Gasteiger partial charge in [-0.2, -0.15) is 0 Å². The number of hydrogen-bond donors (Lipinski definition) is 0. The molecule has 0 aromatic carbocycles. The molecule has 0 aromatic heterocycles. The van der Waals surface area contributed by atoms with Gasteiger partial charge >= 0.3 is 0 Å². The standard InChI is InChI=1S/C32H58N2Si/c1-21-17-29-27(19-23(3)33(29)25-13-9-7-10-14-25)31(21)35(5,6)32-22(2)18-30-28(32)20-24(4)34(30)26-15-11-8-12-16-26/h21-32H,7-20H2,1-6H3. The molecule has 2 heterocycles. The van der Waals surface area contributed by atoms with Crippen molar-refractivity contribution >= 4 is 8.07 Å². The van der Waals surface area contributed by atoms with Gasteiger partial charge in [-0.15, -0.1) is 0 Å². The van der Waals surface area contributed by atoms with Gasteiger partial charge in [0.05, 0.1) is 8.07 Å². The molecule has 0 radical (unpaired) electrons. The van der Waals surface area contributed by atoms with E-state index in [2.05, 4.69) is 50.6 Å². The SMILES string of the molecule is CC1CC2C(CC(C)N2C2CCCCC2)C1[Si](C)(C)C1C(C)CC2C1CC(C)N2C1CCCCC1. The van der Waals surface area contributed by atoms with Gasteiger partial charge in [-0.3, -0.25) is 9.80 Å². The molecule has 6 aliphatic rings. The van der Waals surface area contributed by atoms with E-state index in [9.17, 15) is 0 Å². The van der Waals surface area contributed by atoms with Crippen LogP contribution in [0.3, 0.4) is 0 Å². The van der Waals surface area contributed by atoms with E-state index in [1.54, 1.807) is 0 Å². The maximum absolute atomic E-state index is 3.12. The van der Waals surface area contributed by atoms with Crippen LogP contribution in [0.25, 0.3) is 0 Å². The van der Waals surface area contributed by atoms with E-state index < -0.39 is 8.07 Å². The average molecular weight is 499 g/mol. The van der Waals surface area contributed by atoms with Crippen LogP contribution in [0, 0.1) is 23.7 Å². The Morgan fingerprint density at radius 2 is 0.886 bits per heavy atom. The summed E-state index contributed by atoms with van der Waals surface area (Å²) in [6, 6.07) is 5.37. The van der Waals surface area contributed by atoms with Crippen molar-refractivity contribution < 1.29 is 0 Å². The van der Waals surface area contributed by atoms with Gasteiger partial charge in [-0.1, -0.05) is 65.5 Å². The topological polar surface area (TPSA) is 6.48 Å². The first kappa shape index (κ1) is 25.4. The molecular weight excluding hydrogens is 440 g/mol. The van der Waals surface area contributed by atoms with Gasteiger partial charge in [-0.25, -0.2) is 0 Å². The van der Waals surface area contributed by atoms with Crippen LogP contribution in [0.15, 0.2) is 0 Å². The van der Waals surface area contributed by atoms with Gasteiger partial charge in [0.25, 0.3) is 0 Å². The van der Waals surface area contributed by atoms with Crippen LogP contribution in [0.5, 0.6) is 0 Å². The zero-order valence-electron chi connectivity index (χ0n) is 24.2. The highest BCUT2D eigenvalue weighted by Crippen LogP contribution is 2.64. The lowest BCUT2D eigenvalue weighted by atomic mass is 9.92. The van der Waals surface area contributed by atoms with Gasteiger partial charge in [-0.05, 0) is 100.0 Å². The Bertz CT molecular complexity index is 680. The van der Waals surface area contributed by atoms with Gasteiger partial charge in [0.2, 0.25) is 0 Å². The van der Waals surface area contributed by atoms with Crippen molar-refractivity contribution in [2.75, 3.05) is 0 Å². The van der Waals surface area contributed by atoms with Gasteiger partial charge in [0, 0.05) is 36.3 Å². The lowest BCUT2D eigenvalue weighted by Gasteiger charge is -2.45. The summed E-state index contributed by atoms with van der Waals surface area (Å²) in [5.74, 6) is 3.96. The van der Waals surface area contributed by atoms with Gasteiger partial charge in [0.1, 0.15) is 0 Å². The molecule has 2 saturated heterocycles. The summed E-state index contributed by atoms with van der Waals surface area (Å²) in [4.78, 5) is 6.24. The number of fused-ring (bicyclic) bond motifs is 2. The molecule has 0 amide bonds.